The second-order valence-electron chi connectivity index (χ2n) is 5.74. The first-order valence-electron chi connectivity index (χ1n) is 7.84. The maximum atomic E-state index is 8.99. The number of aromatic hydroxyl groups is 1. The molecule has 0 saturated carbocycles. The van der Waals surface area contributed by atoms with E-state index >= 15 is 0 Å². The van der Waals surface area contributed by atoms with Crippen LogP contribution in [-0.2, 0) is 26.4 Å². The zero-order valence-corrected chi connectivity index (χ0v) is 18.0. The van der Waals surface area contributed by atoms with Crippen LogP contribution >= 0.6 is 0 Å². The number of phenolic OH excluding ortho intramolecular Hbond substituents is 1. The summed E-state index contributed by atoms with van der Waals surface area (Å²) in [6, 6.07) is 23.6. The van der Waals surface area contributed by atoms with E-state index in [4.69, 9.17) is 5.11 Å². The molecule has 4 rings (SSSR count). The van der Waals surface area contributed by atoms with Crippen molar-refractivity contribution in [2.24, 2.45) is 0 Å². The molecule has 0 amide bonds. The molecule has 0 bridgehead atoms. The fourth-order valence-corrected chi connectivity index (χ4v) is 2.95. The summed E-state index contributed by atoms with van der Waals surface area (Å²) in [5.41, 5.74) is 7.72. The molecule has 1 aliphatic rings. The third-order valence-electron chi connectivity index (χ3n) is 3.82. The molecule has 0 atom stereocenters. The Labute approximate surface area is 180 Å². The first kappa shape index (κ1) is 24.6. The number of rotatable bonds is 0. The molecule has 0 radical (unpaired) electrons. The van der Waals surface area contributed by atoms with Crippen LogP contribution in [0.5, 0.6) is 5.75 Å². The number of halogens is 2. The van der Waals surface area contributed by atoms with Crippen molar-refractivity contribution in [3.63, 3.8) is 0 Å². The Hall–Kier alpha value is -1.38. The zero-order valence-electron chi connectivity index (χ0n) is 14.9. The van der Waals surface area contributed by atoms with E-state index in [1.54, 1.807) is 32.1 Å². The van der Waals surface area contributed by atoms with Gasteiger partial charge < -0.3 is 29.9 Å². The van der Waals surface area contributed by atoms with Gasteiger partial charge in [-0.2, -0.15) is 29.8 Å². The van der Waals surface area contributed by atoms with Crippen LogP contribution < -0.4 is 24.8 Å². The van der Waals surface area contributed by atoms with E-state index in [0.717, 1.165) is 17.5 Å². The molecule has 3 aromatic carbocycles. The molecular weight excluding hydrogens is 399 g/mol. The molecule has 135 valence electrons. The van der Waals surface area contributed by atoms with Gasteiger partial charge in [-0.25, -0.2) is 0 Å². The summed E-state index contributed by atoms with van der Waals surface area (Å²) in [5.74, 6) is 0.354. The van der Waals surface area contributed by atoms with Gasteiger partial charge in [0.25, 0.3) is 0 Å². The van der Waals surface area contributed by atoms with Crippen LogP contribution in [0, 0.1) is 19.9 Å². The first-order valence-corrected chi connectivity index (χ1v) is 8.94. The smallest absolute Gasteiger partial charge is 0.0253 e. The van der Waals surface area contributed by atoms with Gasteiger partial charge in [0.15, 0.2) is 0 Å². The predicted octanol–water partition coefficient (Wildman–Crippen LogP) is -0.960. The van der Waals surface area contributed by atoms with E-state index < -0.39 is 0 Å². The number of aryl methyl sites for hydroxylation is 2. The fourth-order valence-electron chi connectivity index (χ4n) is 2.95. The number of hydrogen-bond acceptors (Lipinski definition) is 1. The van der Waals surface area contributed by atoms with Gasteiger partial charge in [-0.15, -0.1) is 5.56 Å². The minimum atomic E-state index is 0. The molecule has 4 heteroatoms. The van der Waals surface area contributed by atoms with E-state index in [2.05, 4.69) is 47.3 Å². The Morgan fingerprint density at radius 1 is 0.885 bits per heavy atom. The summed E-state index contributed by atoms with van der Waals surface area (Å²) >= 11 is 1.75. The monoisotopic (exact) mass is 419 g/mol. The third-order valence-corrected chi connectivity index (χ3v) is 3.82. The van der Waals surface area contributed by atoms with Gasteiger partial charge in [0.1, 0.15) is 5.75 Å². The van der Waals surface area contributed by atoms with Crippen LogP contribution in [0.2, 0.25) is 0 Å². The molecule has 0 aliphatic heterocycles. The first-order chi connectivity index (χ1) is 11.6. The van der Waals surface area contributed by atoms with Gasteiger partial charge in [0, 0.05) is 0 Å². The van der Waals surface area contributed by atoms with Crippen molar-refractivity contribution in [3.05, 3.63) is 89.0 Å². The number of benzene rings is 3. The normalized spacial score (nSPS) is 9.69. The number of fused-ring (bicyclic) bond motifs is 3. The van der Waals surface area contributed by atoms with E-state index in [-0.39, 0.29) is 24.8 Å². The Bertz CT molecular complexity index is 740. The molecule has 3 aromatic rings. The molecule has 1 N–H and O–H groups in total. The number of hydrogen-bond donors (Lipinski definition) is 1. The largest absolute Gasteiger partial charge is 1.00 e. The van der Waals surface area contributed by atoms with Crippen molar-refractivity contribution in [1.82, 2.24) is 0 Å². The minimum Gasteiger partial charge on any atom is -1.00 e. The van der Waals surface area contributed by atoms with E-state index in [9.17, 15) is 0 Å². The molecule has 26 heavy (non-hydrogen) atoms. The Balaban J connectivity index is 0.000000431. The molecule has 0 spiro atoms. The Morgan fingerprint density at radius 3 is 2.08 bits per heavy atom. The molecule has 1 nitrogen and oxygen atoms in total. The van der Waals surface area contributed by atoms with Gasteiger partial charge in [0.2, 0.25) is 0 Å². The van der Waals surface area contributed by atoms with Crippen LogP contribution in [0.1, 0.15) is 22.3 Å². The Kier molecular flexibility index (Phi) is 11.5. The van der Waals surface area contributed by atoms with Crippen molar-refractivity contribution in [1.29, 1.82) is 0 Å². The van der Waals surface area contributed by atoms with Crippen LogP contribution in [0.3, 0.4) is 0 Å². The molecule has 0 fully saturated rings. The molecule has 1 aliphatic carbocycles. The van der Waals surface area contributed by atoms with Gasteiger partial charge in [0.05, 0.1) is 0 Å². The van der Waals surface area contributed by atoms with Gasteiger partial charge in [-0.1, -0.05) is 41.5 Å². The van der Waals surface area contributed by atoms with Crippen molar-refractivity contribution in [2.45, 2.75) is 20.3 Å². The molecular formula is C22H21Cl2OTi-2. The maximum Gasteiger partial charge on any atom is -0.0253 e. The molecule has 0 aromatic heterocycles. The summed E-state index contributed by atoms with van der Waals surface area (Å²) in [6.45, 7) is 3.93. The van der Waals surface area contributed by atoms with E-state index in [1.807, 2.05) is 26.0 Å². The van der Waals surface area contributed by atoms with Crippen molar-refractivity contribution in [2.75, 3.05) is 0 Å². The van der Waals surface area contributed by atoms with E-state index in [1.165, 1.54) is 22.3 Å². The summed E-state index contributed by atoms with van der Waals surface area (Å²) in [6.07, 6.45) is 1.05. The third kappa shape index (κ3) is 6.41. The van der Waals surface area contributed by atoms with Crippen LogP contribution in [0.15, 0.2) is 60.7 Å². The second-order valence-corrected chi connectivity index (χ2v) is 5.74. The van der Waals surface area contributed by atoms with Crippen LogP contribution in [0.4, 0.5) is 0 Å². The quantitative estimate of drug-likeness (QED) is 0.287. The SMILES string of the molecule is Cc1cc(C)cc(O)c1.[CH2]=[Ti+].[Cl-].[Cl-].[c-]1cccc2c1Cc1ccccc1-2. The standard InChI is InChI=1S/C13H9.C8H10O.CH2.2ClH.Ti/c1-3-7-12-10(5-1)9-11-6-2-4-8-13(11)12;1-6-3-7(2)5-8(9)4-6;;;;/h1-5,7-8H,9H2;3-5,9H,1-2H3;1H2;2*1H;/q-1;;;;;+1/p-2. The average molecular weight is 420 g/mol. The number of phenols is 1. The van der Waals surface area contributed by atoms with Gasteiger partial charge in [-0.3, -0.25) is 0 Å². The minimum absolute atomic E-state index is 0. The van der Waals surface area contributed by atoms with Gasteiger partial charge >= 0.3 is 24.8 Å². The topological polar surface area (TPSA) is 20.2 Å². The fraction of sp³-hybridized carbons (Fsp3) is 0.136. The van der Waals surface area contributed by atoms with E-state index in [0.29, 0.717) is 5.75 Å². The summed E-state index contributed by atoms with van der Waals surface area (Å²) in [7, 11) is 0. The van der Waals surface area contributed by atoms with Gasteiger partial charge in [-0.05, 0) is 43.5 Å². The average Bonchev–Trinajstić information content (AvgIpc) is 2.95. The molecule has 0 saturated heterocycles. The van der Waals surface area contributed by atoms with Crippen molar-refractivity contribution >= 4 is 4.82 Å². The van der Waals surface area contributed by atoms with Crippen LogP contribution in [0.25, 0.3) is 11.1 Å². The van der Waals surface area contributed by atoms with Crippen molar-refractivity contribution in [3.8, 4) is 16.9 Å². The van der Waals surface area contributed by atoms with Crippen LogP contribution in [-0.4, -0.2) is 9.92 Å². The maximum absolute atomic E-state index is 8.99. The zero-order chi connectivity index (χ0) is 17.5. The summed E-state index contributed by atoms with van der Waals surface area (Å²) in [5, 5.41) is 8.99. The summed E-state index contributed by atoms with van der Waals surface area (Å²) < 4.78 is 0. The van der Waals surface area contributed by atoms with Crippen molar-refractivity contribution < 1.29 is 49.9 Å². The molecule has 0 unspecified atom stereocenters. The molecule has 0 heterocycles. The predicted molar refractivity (Wildman–Crippen MR) is 98.2 cm³/mol. The summed E-state index contributed by atoms with van der Waals surface area (Å²) in [4.78, 5) is 3.25. The Morgan fingerprint density at radius 2 is 1.46 bits per heavy atom. The second kappa shape index (κ2) is 12.1.